The molecule has 1 aliphatic heterocycles. The van der Waals surface area contributed by atoms with E-state index < -0.39 is 5.60 Å². The maximum Gasteiger partial charge on any atom is 0.410 e. The van der Waals surface area contributed by atoms with Crippen molar-refractivity contribution in [2.24, 2.45) is 0 Å². The van der Waals surface area contributed by atoms with Crippen LogP contribution in [0.2, 0.25) is 0 Å². The molecule has 7 heteroatoms. The Balaban J connectivity index is 1.63. The van der Waals surface area contributed by atoms with E-state index in [0.717, 1.165) is 30.2 Å². The molecular formula is C19H26N4O2S. The minimum atomic E-state index is -0.452. The standard InChI is InChI=1S/C19H26N4O2S/c1-14-5-6-15(16(11-14)17-21-20-13-26-17)12-22-7-9-23(10-8-22)18(24)25-19(2,3)4/h5-6,11,13H,7-10,12H2,1-4H3. The van der Waals surface area contributed by atoms with Gasteiger partial charge in [0.2, 0.25) is 0 Å². The Morgan fingerprint density at radius 1 is 1.23 bits per heavy atom. The van der Waals surface area contributed by atoms with Crippen molar-refractivity contribution in [2.75, 3.05) is 26.2 Å². The zero-order valence-electron chi connectivity index (χ0n) is 15.9. The van der Waals surface area contributed by atoms with Crippen molar-refractivity contribution in [3.05, 3.63) is 34.8 Å². The van der Waals surface area contributed by atoms with Gasteiger partial charge in [0.05, 0.1) is 0 Å². The minimum Gasteiger partial charge on any atom is -0.444 e. The second-order valence-corrected chi connectivity index (χ2v) is 8.48. The molecule has 1 amide bonds. The topological polar surface area (TPSA) is 58.6 Å². The number of hydrogen-bond acceptors (Lipinski definition) is 6. The highest BCUT2D eigenvalue weighted by Gasteiger charge is 2.26. The van der Waals surface area contributed by atoms with Gasteiger partial charge in [0, 0.05) is 38.3 Å². The van der Waals surface area contributed by atoms with Crippen LogP contribution in [-0.2, 0) is 11.3 Å². The molecule has 3 rings (SSSR count). The molecule has 0 saturated carbocycles. The van der Waals surface area contributed by atoms with Gasteiger partial charge in [-0.05, 0) is 39.3 Å². The zero-order chi connectivity index (χ0) is 18.7. The molecule has 1 aliphatic rings. The number of rotatable bonds is 3. The number of piperazine rings is 1. The monoisotopic (exact) mass is 374 g/mol. The van der Waals surface area contributed by atoms with Gasteiger partial charge >= 0.3 is 6.09 Å². The van der Waals surface area contributed by atoms with Crippen molar-refractivity contribution in [1.29, 1.82) is 0 Å². The zero-order valence-corrected chi connectivity index (χ0v) is 16.7. The summed E-state index contributed by atoms with van der Waals surface area (Å²) in [5.41, 5.74) is 4.93. The van der Waals surface area contributed by atoms with E-state index >= 15 is 0 Å². The first-order valence-electron chi connectivity index (χ1n) is 8.88. The van der Waals surface area contributed by atoms with Crippen LogP contribution in [0.15, 0.2) is 23.7 Å². The number of aryl methyl sites for hydroxylation is 1. The van der Waals surface area contributed by atoms with E-state index in [1.807, 2.05) is 20.8 Å². The largest absolute Gasteiger partial charge is 0.444 e. The lowest BCUT2D eigenvalue weighted by Gasteiger charge is -2.35. The van der Waals surface area contributed by atoms with Crippen LogP contribution in [0, 0.1) is 6.92 Å². The Morgan fingerprint density at radius 3 is 2.58 bits per heavy atom. The van der Waals surface area contributed by atoms with Gasteiger partial charge in [-0.1, -0.05) is 29.0 Å². The van der Waals surface area contributed by atoms with Crippen LogP contribution in [0.5, 0.6) is 0 Å². The van der Waals surface area contributed by atoms with Crippen LogP contribution in [0.3, 0.4) is 0 Å². The summed E-state index contributed by atoms with van der Waals surface area (Å²) in [6.07, 6.45) is -0.220. The van der Waals surface area contributed by atoms with E-state index in [2.05, 4.69) is 40.2 Å². The molecule has 0 N–H and O–H groups in total. The molecule has 6 nitrogen and oxygen atoms in total. The second kappa shape index (κ2) is 7.72. The quantitative estimate of drug-likeness (QED) is 0.822. The van der Waals surface area contributed by atoms with Crippen LogP contribution in [0.4, 0.5) is 4.79 Å². The van der Waals surface area contributed by atoms with Crippen LogP contribution in [-0.4, -0.2) is 57.9 Å². The predicted molar refractivity (Wildman–Crippen MR) is 103 cm³/mol. The molecule has 140 valence electrons. The predicted octanol–water partition coefficient (Wildman–Crippen LogP) is 3.57. The molecule has 1 aromatic heterocycles. The molecule has 1 saturated heterocycles. The van der Waals surface area contributed by atoms with Gasteiger partial charge in [-0.3, -0.25) is 4.90 Å². The average molecular weight is 375 g/mol. The fourth-order valence-electron chi connectivity index (χ4n) is 2.97. The lowest BCUT2D eigenvalue weighted by atomic mass is 10.0. The van der Waals surface area contributed by atoms with E-state index in [4.69, 9.17) is 4.74 Å². The van der Waals surface area contributed by atoms with Gasteiger partial charge in [0.25, 0.3) is 0 Å². The van der Waals surface area contributed by atoms with Crippen LogP contribution < -0.4 is 0 Å². The van der Waals surface area contributed by atoms with Crippen molar-refractivity contribution < 1.29 is 9.53 Å². The first-order valence-corrected chi connectivity index (χ1v) is 9.76. The van der Waals surface area contributed by atoms with Crippen molar-refractivity contribution in [2.45, 2.75) is 39.8 Å². The summed E-state index contributed by atoms with van der Waals surface area (Å²) in [5, 5.41) is 9.16. The van der Waals surface area contributed by atoms with Crippen molar-refractivity contribution in [3.63, 3.8) is 0 Å². The third-order valence-electron chi connectivity index (χ3n) is 4.27. The summed E-state index contributed by atoms with van der Waals surface area (Å²) in [4.78, 5) is 16.4. The van der Waals surface area contributed by atoms with Gasteiger partial charge < -0.3 is 9.64 Å². The smallest absolute Gasteiger partial charge is 0.410 e. The summed E-state index contributed by atoms with van der Waals surface area (Å²) >= 11 is 1.56. The second-order valence-electron chi connectivity index (χ2n) is 7.65. The molecule has 0 aliphatic carbocycles. The van der Waals surface area contributed by atoms with E-state index in [1.165, 1.54) is 11.1 Å². The third kappa shape index (κ3) is 4.80. The molecule has 0 unspecified atom stereocenters. The average Bonchev–Trinajstić information content (AvgIpc) is 3.10. The molecule has 0 spiro atoms. The highest BCUT2D eigenvalue weighted by molar-refractivity contribution is 7.12. The Labute approximate surface area is 158 Å². The van der Waals surface area contributed by atoms with E-state index in [0.29, 0.717) is 13.1 Å². The normalized spacial score (nSPS) is 15.9. The summed E-state index contributed by atoms with van der Waals surface area (Å²) in [5.74, 6) is 0. The number of nitrogens with zero attached hydrogens (tertiary/aromatic N) is 4. The molecule has 1 aromatic carbocycles. The molecule has 0 atom stereocenters. The maximum atomic E-state index is 12.2. The number of benzene rings is 1. The van der Waals surface area contributed by atoms with Crippen molar-refractivity contribution in [3.8, 4) is 10.6 Å². The highest BCUT2D eigenvalue weighted by atomic mass is 32.1. The number of carbonyl (C=O) groups excluding carboxylic acids is 1. The first-order chi connectivity index (χ1) is 12.3. The Bertz CT molecular complexity index is 747. The number of amides is 1. The SMILES string of the molecule is Cc1ccc(CN2CCN(C(=O)OC(C)(C)C)CC2)c(-c2nncs2)c1. The van der Waals surface area contributed by atoms with Crippen LogP contribution >= 0.6 is 11.3 Å². The van der Waals surface area contributed by atoms with E-state index in [9.17, 15) is 4.79 Å². The summed E-state index contributed by atoms with van der Waals surface area (Å²) in [7, 11) is 0. The van der Waals surface area contributed by atoms with Gasteiger partial charge in [0.15, 0.2) is 0 Å². The highest BCUT2D eigenvalue weighted by Crippen LogP contribution is 2.27. The number of carbonyl (C=O) groups is 1. The lowest BCUT2D eigenvalue weighted by Crippen LogP contribution is -2.49. The maximum absolute atomic E-state index is 12.2. The Morgan fingerprint density at radius 2 is 1.96 bits per heavy atom. The number of aromatic nitrogens is 2. The molecular weight excluding hydrogens is 348 g/mol. The Kier molecular flexibility index (Phi) is 5.58. The molecule has 1 fully saturated rings. The Hall–Kier alpha value is -1.99. The molecule has 26 heavy (non-hydrogen) atoms. The molecule has 2 heterocycles. The fourth-order valence-corrected chi connectivity index (χ4v) is 3.58. The van der Waals surface area contributed by atoms with Gasteiger partial charge in [-0.2, -0.15) is 0 Å². The lowest BCUT2D eigenvalue weighted by molar-refractivity contribution is 0.0139. The molecule has 0 radical (unpaired) electrons. The van der Waals surface area contributed by atoms with Crippen LogP contribution in [0.25, 0.3) is 10.6 Å². The van der Waals surface area contributed by atoms with E-state index in [1.54, 1.807) is 21.7 Å². The first kappa shape index (κ1) is 18.8. The summed E-state index contributed by atoms with van der Waals surface area (Å²) in [6, 6.07) is 6.48. The molecule has 0 bridgehead atoms. The van der Waals surface area contributed by atoms with Gasteiger partial charge in [0.1, 0.15) is 16.1 Å². The van der Waals surface area contributed by atoms with Gasteiger partial charge in [-0.25, -0.2) is 4.79 Å². The third-order valence-corrected chi connectivity index (χ3v) is 5.00. The van der Waals surface area contributed by atoms with Crippen LogP contribution in [0.1, 0.15) is 31.9 Å². The van der Waals surface area contributed by atoms with Crippen molar-refractivity contribution in [1.82, 2.24) is 20.0 Å². The van der Waals surface area contributed by atoms with Crippen molar-refractivity contribution >= 4 is 17.4 Å². The van der Waals surface area contributed by atoms with Gasteiger partial charge in [-0.15, -0.1) is 10.2 Å². The number of hydrogen-bond donors (Lipinski definition) is 0. The fraction of sp³-hybridized carbons (Fsp3) is 0.526. The minimum absolute atomic E-state index is 0.220. The number of ether oxygens (including phenoxy) is 1. The molecule has 2 aromatic rings. The van der Waals surface area contributed by atoms with E-state index in [-0.39, 0.29) is 6.09 Å². The summed E-state index contributed by atoms with van der Waals surface area (Å²) < 4.78 is 5.47. The summed E-state index contributed by atoms with van der Waals surface area (Å²) in [6.45, 7) is 11.7.